The van der Waals surface area contributed by atoms with Crippen molar-refractivity contribution < 1.29 is 27.5 Å². The van der Waals surface area contributed by atoms with E-state index in [1.165, 1.54) is 18.2 Å². The van der Waals surface area contributed by atoms with E-state index < -0.39 is 18.6 Å². The molecule has 1 fully saturated rings. The topological polar surface area (TPSA) is 113 Å². The standard InChI is InChI=1S/C27H26F2N4O4/c1-15(30)24-23(25(34)31-13-19-10-8-17-4-2-3-5-20(17)32-19)33-26(37-24)18-9-11-21(36-27(28)29)22(12-18)35-14-16-6-7-16/h2-5,8-12,15-16,27H,6-7,13-14,30H2,1H3,(H,31,34)/t15-/m0/s1. The lowest BCUT2D eigenvalue weighted by molar-refractivity contribution is -0.0515. The van der Waals surface area contributed by atoms with Gasteiger partial charge in [-0.3, -0.25) is 9.78 Å². The molecular formula is C27H26F2N4O4. The average molecular weight is 509 g/mol. The predicted octanol–water partition coefficient (Wildman–Crippen LogP) is 5.23. The summed E-state index contributed by atoms with van der Waals surface area (Å²) in [6.07, 6.45) is 2.07. The number of halogens is 2. The molecule has 0 radical (unpaired) electrons. The van der Waals surface area contributed by atoms with Gasteiger partial charge in [-0.1, -0.05) is 24.3 Å². The lowest BCUT2D eigenvalue weighted by Gasteiger charge is -2.12. The van der Waals surface area contributed by atoms with Crippen LogP contribution in [0.1, 0.15) is 47.7 Å². The zero-order chi connectivity index (χ0) is 25.9. The van der Waals surface area contributed by atoms with Crippen molar-refractivity contribution in [2.45, 2.75) is 39.0 Å². The van der Waals surface area contributed by atoms with Crippen molar-refractivity contribution in [1.82, 2.24) is 15.3 Å². The van der Waals surface area contributed by atoms with Crippen molar-refractivity contribution >= 4 is 16.8 Å². The van der Waals surface area contributed by atoms with E-state index in [1.54, 1.807) is 6.92 Å². The quantitative estimate of drug-likeness (QED) is 0.302. The molecule has 1 amide bonds. The van der Waals surface area contributed by atoms with Crippen LogP contribution in [0.3, 0.4) is 0 Å². The number of pyridine rings is 1. The van der Waals surface area contributed by atoms with Gasteiger partial charge in [0.15, 0.2) is 23.0 Å². The molecule has 37 heavy (non-hydrogen) atoms. The van der Waals surface area contributed by atoms with Crippen LogP contribution < -0.4 is 20.5 Å². The molecule has 0 spiro atoms. The van der Waals surface area contributed by atoms with E-state index in [1.807, 2.05) is 36.4 Å². The molecule has 2 aromatic carbocycles. The van der Waals surface area contributed by atoms with Crippen LogP contribution in [0.15, 0.2) is 59.0 Å². The molecule has 0 unspecified atom stereocenters. The number of nitrogens with two attached hydrogens (primary N) is 1. The third kappa shape index (κ3) is 5.86. The molecule has 3 N–H and O–H groups in total. The Hall–Kier alpha value is -4.05. The van der Waals surface area contributed by atoms with Gasteiger partial charge in [-0.2, -0.15) is 8.78 Å². The van der Waals surface area contributed by atoms with Crippen LogP contribution in [-0.4, -0.2) is 29.1 Å². The summed E-state index contributed by atoms with van der Waals surface area (Å²) < 4.78 is 41.9. The second kappa shape index (κ2) is 10.5. The van der Waals surface area contributed by atoms with E-state index in [9.17, 15) is 13.6 Å². The van der Waals surface area contributed by atoms with Crippen molar-refractivity contribution in [1.29, 1.82) is 0 Å². The third-order valence-corrected chi connectivity index (χ3v) is 5.95. The smallest absolute Gasteiger partial charge is 0.387 e. The SMILES string of the molecule is C[C@H](N)c1oc(-c2ccc(OC(F)F)c(OCC3CC3)c2)nc1C(=O)NCc1ccc2ccccc2n1. The molecule has 8 nitrogen and oxygen atoms in total. The van der Waals surface area contributed by atoms with Gasteiger partial charge in [-0.05, 0) is 56.0 Å². The second-order valence-electron chi connectivity index (χ2n) is 8.99. The fourth-order valence-corrected chi connectivity index (χ4v) is 3.83. The summed E-state index contributed by atoms with van der Waals surface area (Å²) >= 11 is 0. The van der Waals surface area contributed by atoms with E-state index in [0.717, 1.165) is 23.7 Å². The monoisotopic (exact) mass is 508 g/mol. The molecular weight excluding hydrogens is 482 g/mol. The summed E-state index contributed by atoms with van der Waals surface area (Å²) in [4.78, 5) is 22.0. The number of hydrogen-bond donors (Lipinski definition) is 2. The van der Waals surface area contributed by atoms with Gasteiger partial charge in [-0.15, -0.1) is 0 Å². The molecule has 10 heteroatoms. The van der Waals surface area contributed by atoms with Gasteiger partial charge in [0, 0.05) is 10.9 Å². The van der Waals surface area contributed by atoms with E-state index in [4.69, 9.17) is 14.9 Å². The van der Waals surface area contributed by atoms with Crippen LogP contribution in [-0.2, 0) is 6.54 Å². The molecule has 1 atom stereocenters. The highest BCUT2D eigenvalue weighted by atomic mass is 19.3. The van der Waals surface area contributed by atoms with Crippen molar-refractivity contribution in [3.63, 3.8) is 0 Å². The maximum absolute atomic E-state index is 13.0. The highest BCUT2D eigenvalue weighted by Crippen LogP contribution is 2.37. The summed E-state index contributed by atoms with van der Waals surface area (Å²) in [5.74, 6) is 0.313. The number of alkyl halides is 2. The maximum atomic E-state index is 13.0. The average Bonchev–Trinajstić information content (AvgIpc) is 3.61. The lowest BCUT2D eigenvalue weighted by Crippen LogP contribution is -2.25. The van der Waals surface area contributed by atoms with E-state index in [2.05, 4.69) is 20.0 Å². The number of amides is 1. The summed E-state index contributed by atoms with van der Waals surface area (Å²) in [6, 6.07) is 15.3. The van der Waals surface area contributed by atoms with Crippen LogP contribution in [0.4, 0.5) is 8.78 Å². The Bertz CT molecular complexity index is 1420. The Labute approximate surface area is 211 Å². The minimum Gasteiger partial charge on any atom is -0.489 e. The zero-order valence-electron chi connectivity index (χ0n) is 20.1. The number of carbonyl (C=O) groups is 1. The zero-order valence-corrected chi connectivity index (χ0v) is 20.1. The summed E-state index contributed by atoms with van der Waals surface area (Å²) in [5, 5.41) is 3.82. The molecule has 1 aliphatic carbocycles. The van der Waals surface area contributed by atoms with E-state index in [0.29, 0.717) is 23.8 Å². The van der Waals surface area contributed by atoms with Crippen LogP contribution in [0.25, 0.3) is 22.4 Å². The molecule has 1 saturated carbocycles. The van der Waals surface area contributed by atoms with Gasteiger partial charge in [0.25, 0.3) is 5.91 Å². The molecule has 5 rings (SSSR count). The Kier molecular flexibility index (Phi) is 7.00. The number of hydrogen-bond acceptors (Lipinski definition) is 7. The number of rotatable bonds is 10. The summed E-state index contributed by atoms with van der Waals surface area (Å²) in [5.41, 5.74) is 8.04. The fourth-order valence-electron chi connectivity index (χ4n) is 3.83. The first-order chi connectivity index (χ1) is 17.9. The Morgan fingerprint density at radius 2 is 1.95 bits per heavy atom. The van der Waals surface area contributed by atoms with Gasteiger partial charge in [0.1, 0.15) is 0 Å². The number of nitrogens with zero attached hydrogens (tertiary/aromatic N) is 2. The van der Waals surface area contributed by atoms with Gasteiger partial charge in [0.05, 0.1) is 30.4 Å². The third-order valence-electron chi connectivity index (χ3n) is 5.95. The number of aromatic nitrogens is 2. The Morgan fingerprint density at radius 3 is 2.70 bits per heavy atom. The minimum atomic E-state index is -2.99. The maximum Gasteiger partial charge on any atom is 0.387 e. The summed E-state index contributed by atoms with van der Waals surface area (Å²) in [6.45, 7) is -0.734. The van der Waals surface area contributed by atoms with Crippen molar-refractivity contribution in [2.75, 3.05) is 6.61 Å². The number of benzene rings is 2. The molecule has 1 aliphatic rings. The van der Waals surface area contributed by atoms with Gasteiger partial charge < -0.3 is 24.9 Å². The predicted molar refractivity (Wildman–Crippen MR) is 132 cm³/mol. The fraction of sp³-hybridized carbons (Fsp3) is 0.296. The number of para-hydroxylation sites is 1. The molecule has 0 bridgehead atoms. The highest BCUT2D eigenvalue weighted by Gasteiger charge is 2.26. The number of carbonyl (C=O) groups excluding carboxylic acids is 1. The minimum absolute atomic E-state index is 0.0409. The van der Waals surface area contributed by atoms with E-state index in [-0.39, 0.29) is 35.4 Å². The number of ether oxygens (including phenoxy) is 2. The first-order valence-electron chi connectivity index (χ1n) is 12.0. The second-order valence-corrected chi connectivity index (χ2v) is 8.99. The van der Waals surface area contributed by atoms with Crippen molar-refractivity contribution in [2.24, 2.45) is 11.7 Å². The molecule has 192 valence electrons. The lowest BCUT2D eigenvalue weighted by atomic mass is 10.2. The van der Waals surface area contributed by atoms with Gasteiger partial charge in [0.2, 0.25) is 5.89 Å². The molecule has 4 aromatic rings. The van der Waals surface area contributed by atoms with Crippen LogP contribution >= 0.6 is 0 Å². The van der Waals surface area contributed by atoms with Crippen molar-refractivity contribution in [3.05, 3.63) is 71.7 Å². The van der Waals surface area contributed by atoms with Crippen LogP contribution in [0, 0.1) is 5.92 Å². The first kappa shape index (κ1) is 24.6. The van der Waals surface area contributed by atoms with E-state index >= 15 is 0 Å². The van der Waals surface area contributed by atoms with Gasteiger partial charge >= 0.3 is 6.61 Å². The number of fused-ring (bicyclic) bond motifs is 1. The molecule has 0 aliphatic heterocycles. The normalized spacial score (nSPS) is 14.1. The summed E-state index contributed by atoms with van der Waals surface area (Å²) in [7, 11) is 0. The van der Waals surface area contributed by atoms with Crippen LogP contribution in [0.5, 0.6) is 11.5 Å². The van der Waals surface area contributed by atoms with Crippen molar-refractivity contribution in [3.8, 4) is 23.0 Å². The molecule has 2 heterocycles. The largest absolute Gasteiger partial charge is 0.489 e. The molecule has 2 aromatic heterocycles. The number of oxazole rings is 1. The Balaban J connectivity index is 1.37. The highest BCUT2D eigenvalue weighted by molar-refractivity contribution is 5.94. The van der Waals surface area contributed by atoms with Gasteiger partial charge in [-0.25, -0.2) is 4.98 Å². The van der Waals surface area contributed by atoms with Crippen LogP contribution in [0.2, 0.25) is 0 Å². The Morgan fingerprint density at radius 1 is 1.14 bits per heavy atom. The first-order valence-corrected chi connectivity index (χ1v) is 12.0. The number of nitrogens with one attached hydrogen (secondary N) is 1. The molecule has 0 saturated heterocycles.